The van der Waals surface area contributed by atoms with Crippen molar-refractivity contribution < 1.29 is 28.6 Å². The van der Waals surface area contributed by atoms with Crippen LogP contribution >= 0.6 is 11.6 Å². The summed E-state index contributed by atoms with van der Waals surface area (Å²) in [5.74, 6) is -4.26. The van der Waals surface area contributed by atoms with Crippen LogP contribution in [0.4, 0.5) is 8.78 Å². The molecule has 5 nitrogen and oxygen atoms in total. The SMILES string of the molecule is Cc1c([C@](C)(C(=O)O)C2CCCC2)c2cc(O)c(F)cc2n1C(=O)c1ccc(Cl)c(F)c1. The number of carboxylic acids is 1. The molecule has 0 bridgehead atoms. The number of hydrogen-bond donors (Lipinski definition) is 2. The number of aromatic nitrogens is 1. The molecule has 4 rings (SSSR count). The fourth-order valence-corrected chi connectivity index (χ4v) is 5.21. The Morgan fingerprint density at radius 1 is 1.12 bits per heavy atom. The van der Waals surface area contributed by atoms with Crippen LogP contribution in [0.1, 0.15) is 54.2 Å². The summed E-state index contributed by atoms with van der Waals surface area (Å²) in [7, 11) is 0. The molecule has 0 amide bonds. The molecule has 1 heterocycles. The Bertz CT molecular complexity index is 1260. The monoisotopic (exact) mass is 461 g/mol. The number of phenols is 1. The first-order valence-corrected chi connectivity index (χ1v) is 10.7. The molecule has 1 fully saturated rings. The lowest BCUT2D eigenvalue weighted by molar-refractivity contribution is -0.145. The minimum Gasteiger partial charge on any atom is -0.505 e. The quantitative estimate of drug-likeness (QED) is 0.514. The van der Waals surface area contributed by atoms with Gasteiger partial charge < -0.3 is 10.2 Å². The minimum atomic E-state index is -1.36. The average Bonchev–Trinajstić information content (AvgIpc) is 3.36. The molecule has 8 heteroatoms. The zero-order chi connectivity index (χ0) is 23.4. The van der Waals surface area contributed by atoms with E-state index in [-0.39, 0.29) is 27.4 Å². The van der Waals surface area contributed by atoms with Crippen LogP contribution in [-0.2, 0) is 10.2 Å². The van der Waals surface area contributed by atoms with Gasteiger partial charge in [-0.05, 0) is 62.4 Å². The molecule has 2 aromatic carbocycles. The van der Waals surface area contributed by atoms with Crippen molar-refractivity contribution in [2.75, 3.05) is 0 Å². The van der Waals surface area contributed by atoms with Crippen molar-refractivity contribution in [2.24, 2.45) is 5.92 Å². The van der Waals surface area contributed by atoms with Gasteiger partial charge in [-0.25, -0.2) is 8.78 Å². The van der Waals surface area contributed by atoms with Gasteiger partial charge in [0.15, 0.2) is 11.6 Å². The Hall–Kier alpha value is -2.93. The summed E-state index contributed by atoms with van der Waals surface area (Å²) in [6.07, 6.45) is 3.21. The normalized spacial score (nSPS) is 16.4. The molecule has 0 radical (unpaired) electrons. The van der Waals surface area contributed by atoms with Crippen LogP contribution in [-0.4, -0.2) is 26.7 Å². The van der Waals surface area contributed by atoms with E-state index in [9.17, 15) is 28.6 Å². The number of benzene rings is 2. The van der Waals surface area contributed by atoms with Crippen LogP contribution in [0.3, 0.4) is 0 Å². The highest BCUT2D eigenvalue weighted by Gasteiger charge is 2.47. The summed E-state index contributed by atoms with van der Waals surface area (Å²) in [5, 5.41) is 20.5. The van der Waals surface area contributed by atoms with Crippen molar-refractivity contribution in [3.05, 3.63) is 63.8 Å². The van der Waals surface area contributed by atoms with Crippen LogP contribution in [0, 0.1) is 24.5 Å². The molecule has 1 aromatic heterocycles. The highest BCUT2D eigenvalue weighted by molar-refractivity contribution is 6.30. The molecule has 0 saturated heterocycles. The third-order valence-electron chi connectivity index (χ3n) is 6.78. The Labute approximate surface area is 188 Å². The maximum Gasteiger partial charge on any atom is 0.314 e. The van der Waals surface area contributed by atoms with Gasteiger partial charge in [0.2, 0.25) is 0 Å². The Kier molecular flexibility index (Phi) is 5.49. The number of carbonyl (C=O) groups is 2. The number of aromatic hydroxyl groups is 1. The highest BCUT2D eigenvalue weighted by Crippen LogP contribution is 2.47. The summed E-state index contributed by atoms with van der Waals surface area (Å²) >= 11 is 5.73. The van der Waals surface area contributed by atoms with Crippen molar-refractivity contribution in [3.8, 4) is 5.75 Å². The van der Waals surface area contributed by atoms with Gasteiger partial charge in [-0.2, -0.15) is 0 Å². The summed E-state index contributed by atoms with van der Waals surface area (Å²) in [6.45, 7) is 3.20. The molecular weight excluding hydrogens is 440 g/mol. The van der Waals surface area contributed by atoms with E-state index in [1.54, 1.807) is 13.8 Å². The van der Waals surface area contributed by atoms with E-state index in [1.165, 1.54) is 16.7 Å². The van der Waals surface area contributed by atoms with E-state index >= 15 is 0 Å². The second-order valence-corrected chi connectivity index (χ2v) is 8.95. The summed E-state index contributed by atoms with van der Waals surface area (Å²) in [4.78, 5) is 26.0. The minimum absolute atomic E-state index is 0.0233. The number of carboxylic acid groups (broad SMARTS) is 1. The van der Waals surface area contributed by atoms with Gasteiger partial charge in [0.1, 0.15) is 5.82 Å². The van der Waals surface area contributed by atoms with E-state index < -0.39 is 34.7 Å². The molecule has 1 aliphatic rings. The fraction of sp³-hybridized carbons (Fsp3) is 0.333. The largest absolute Gasteiger partial charge is 0.505 e. The first-order valence-electron chi connectivity index (χ1n) is 10.3. The number of aliphatic carboxylic acids is 1. The van der Waals surface area contributed by atoms with Crippen LogP contribution in [0.5, 0.6) is 5.75 Å². The van der Waals surface area contributed by atoms with Crippen molar-refractivity contribution >= 4 is 34.4 Å². The number of carbonyl (C=O) groups excluding carboxylic acids is 1. The molecule has 168 valence electrons. The zero-order valence-electron chi connectivity index (χ0n) is 17.6. The smallest absolute Gasteiger partial charge is 0.314 e. The van der Waals surface area contributed by atoms with Crippen molar-refractivity contribution in [2.45, 2.75) is 44.9 Å². The van der Waals surface area contributed by atoms with Crippen LogP contribution in [0.25, 0.3) is 10.9 Å². The molecule has 3 aromatic rings. The predicted octanol–water partition coefficient (Wildman–Crippen LogP) is 5.81. The van der Waals surface area contributed by atoms with E-state index in [4.69, 9.17) is 11.6 Å². The molecule has 2 N–H and O–H groups in total. The lowest BCUT2D eigenvalue weighted by Gasteiger charge is -2.32. The summed E-state index contributed by atoms with van der Waals surface area (Å²) < 4.78 is 29.6. The fourth-order valence-electron chi connectivity index (χ4n) is 5.09. The molecule has 1 saturated carbocycles. The van der Waals surface area contributed by atoms with Crippen LogP contribution in [0.15, 0.2) is 30.3 Å². The van der Waals surface area contributed by atoms with E-state index in [0.29, 0.717) is 24.1 Å². The van der Waals surface area contributed by atoms with Crippen molar-refractivity contribution in [3.63, 3.8) is 0 Å². The summed E-state index contributed by atoms with van der Waals surface area (Å²) in [6, 6.07) is 5.75. The second kappa shape index (κ2) is 7.89. The molecule has 1 atom stereocenters. The topological polar surface area (TPSA) is 79.5 Å². The highest BCUT2D eigenvalue weighted by atomic mass is 35.5. The van der Waals surface area contributed by atoms with Crippen molar-refractivity contribution in [1.82, 2.24) is 4.57 Å². The van der Waals surface area contributed by atoms with Crippen molar-refractivity contribution in [1.29, 1.82) is 0 Å². The van der Waals surface area contributed by atoms with Gasteiger partial charge in [0.25, 0.3) is 5.91 Å². The average molecular weight is 462 g/mol. The number of hydrogen-bond acceptors (Lipinski definition) is 3. The third-order valence-corrected chi connectivity index (χ3v) is 7.08. The maximum absolute atomic E-state index is 14.3. The number of fused-ring (bicyclic) bond motifs is 1. The second-order valence-electron chi connectivity index (χ2n) is 8.54. The predicted molar refractivity (Wildman–Crippen MR) is 116 cm³/mol. The Morgan fingerprint density at radius 3 is 2.38 bits per heavy atom. The van der Waals surface area contributed by atoms with Crippen LogP contribution in [0.2, 0.25) is 5.02 Å². The molecular formula is C24H22ClF2NO4. The number of phenolic OH excluding ortho intramolecular Hbond substituents is 1. The molecule has 0 spiro atoms. The van der Waals surface area contributed by atoms with Gasteiger partial charge in [-0.1, -0.05) is 24.4 Å². The molecule has 1 aliphatic carbocycles. The number of rotatable bonds is 4. The standard InChI is InChI=1S/C24H22ClF2NO4/c1-12-21(24(2,23(31)32)14-5-3-4-6-14)15-10-20(29)18(27)11-19(15)28(12)22(30)13-7-8-16(25)17(26)9-13/h7-11,14,29H,3-6H2,1-2H3,(H,31,32)/t24-/m1/s1. The van der Waals surface area contributed by atoms with Gasteiger partial charge in [-0.3, -0.25) is 14.2 Å². The van der Waals surface area contributed by atoms with Crippen LogP contribution < -0.4 is 0 Å². The first kappa shape index (κ1) is 22.3. The maximum atomic E-state index is 14.3. The Morgan fingerprint density at radius 2 is 1.78 bits per heavy atom. The van der Waals surface area contributed by atoms with Gasteiger partial charge >= 0.3 is 5.97 Å². The third kappa shape index (κ3) is 3.26. The van der Waals surface area contributed by atoms with Gasteiger partial charge in [0, 0.05) is 22.7 Å². The number of nitrogens with zero attached hydrogens (tertiary/aromatic N) is 1. The van der Waals surface area contributed by atoms with E-state index in [2.05, 4.69) is 0 Å². The first-order chi connectivity index (χ1) is 15.1. The van der Waals surface area contributed by atoms with Gasteiger partial charge in [-0.15, -0.1) is 0 Å². The molecule has 0 unspecified atom stereocenters. The summed E-state index contributed by atoms with van der Waals surface area (Å²) in [5.41, 5.74) is -0.615. The van der Waals surface area contributed by atoms with E-state index in [0.717, 1.165) is 31.0 Å². The lowest BCUT2D eigenvalue weighted by Crippen LogP contribution is -2.40. The van der Waals surface area contributed by atoms with E-state index in [1.807, 2.05) is 0 Å². The zero-order valence-corrected chi connectivity index (χ0v) is 18.3. The van der Waals surface area contributed by atoms with Gasteiger partial charge in [0.05, 0.1) is 16.0 Å². The Balaban J connectivity index is 2.04. The molecule has 32 heavy (non-hydrogen) atoms. The lowest BCUT2D eigenvalue weighted by atomic mass is 9.70. The number of halogens is 3. The molecule has 0 aliphatic heterocycles.